The van der Waals surface area contributed by atoms with Crippen molar-refractivity contribution < 1.29 is 58.8 Å². The number of hydrogen-bond acceptors (Lipinski definition) is 15. The number of nitriles is 1. The number of allylic oxidation sites excluding steroid dienone is 4. The van der Waals surface area contributed by atoms with E-state index in [1.54, 1.807) is 13.0 Å². The van der Waals surface area contributed by atoms with Gasteiger partial charge in [-0.3, -0.25) is 9.59 Å². The SMILES string of the molecule is CC(C)=CCCC1(C)C=Cc2c(c(CC=C(C)C)c3c(c2O[C@H]2O[C@@H](CO)[C@H](O)[C@@H](O)[C@@H]2O)C2=C4C(C(C#N)C(N)=N2)C2CC5C(C)(C)OC(CC=C(C)C(=O)NCCO)(C2=O)C45O3)O1. The number of aliphatic hydroxyl groups excluding tert-OH is 5. The number of fused-ring (bicyclic) bond motifs is 3. The van der Waals surface area contributed by atoms with Crippen LogP contribution in [0.5, 0.6) is 17.2 Å². The molecular formula is C49H62N4O12. The second-order valence-electron chi connectivity index (χ2n) is 19.8. The number of aliphatic imine (C=N–C) groups is 1. The molecule has 1 aromatic carbocycles. The van der Waals surface area contributed by atoms with Gasteiger partial charge in [0, 0.05) is 47.4 Å². The van der Waals surface area contributed by atoms with Crippen molar-refractivity contribution in [2.24, 2.45) is 34.4 Å². The molecule has 16 nitrogen and oxygen atoms in total. The summed E-state index contributed by atoms with van der Waals surface area (Å²) in [7, 11) is 0. The number of nitrogens with two attached hydrogens (primary N) is 1. The second-order valence-corrected chi connectivity index (χ2v) is 19.8. The lowest BCUT2D eigenvalue weighted by Crippen LogP contribution is -2.75. The Labute approximate surface area is 379 Å². The van der Waals surface area contributed by atoms with E-state index in [0.717, 1.165) is 11.1 Å². The molecule has 65 heavy (non-hydrogen) atoms. The number of hydrogen-bond donors (Lipinski definition) is 7. The number of ketones is 1. The monoisotopic (exact) mass is 898 g/mol. The largest absolute Gasteiger partial charge is 0.482 e. The van der Waals surface area contributed by atoms with Crippen molar-refractivity contribution in [1.29, 1.82) is 5.26 Å². The van der Waals surface area contributed by atoms with E-state index in [1.807, 2.05) is 66.7 Å². The van der Waals surface area contributed by atoms with Crippen molar-refractivity contribution in [2.45, 2.75) is 141 Å². The highest BCUT2D eigenvalue weighted by Gasteiger charge is 2.84. The number of carbonyl (C=O) groups is 2. The molecule has 7 unspecified atom stereocenters. The van der Waals surface area contributed by atoms with Crippen LogP contribution in [0, 0.1) is 35.0 Å². The first-order valence-corrected chi connectivity index (χ1v) is 22.5. The van der Waals surface area contributed by atoms with Crippen molar-refractivity contribution >= 4 is 29.3 Å². The van der Waals surface area contributed by atoms with Gasteiger partial charge in [0.1, 0.15) is 59.0 Å². The van der Waals surface area contributed by atoms with Crippen LogP contribution in [0.1, 0.15) is 97.8 Å². The number of benzene rings is 1. The van der Waals surface area contributed by atoms with Gasteiger partial charge in [-0.1, -0.05) is 29.4 Å². The van der Waals surface area contributed by atoms with Crippen molar-refractivity contribution in [1.82, 2.24) is 5.32 Å². The second kappa shape index (κ2) is 16.8. The van der Waals surface area contributed by atoms with Crippen LogP contribution in [0.4, 0.5) is 0 Å². The molecule has 1 spiro atoms. The number of amides is 1. The molecular weight excluding hydrogens is 837 g/mol. The molecule has 8 aliphatic rings. The Bertz CT molecular complexity index is 2400. The van der Waals surface area contributed by atoms with E-state index in [9.17, 15) is 35.6 Å². The summed E-state index contributed by atoms with van der Waals surface area (Å²) in [5, 5.41) is 66.2. The predicted octanol–water partition coefficient (Wildman–Crippen LogP) is 3.47. The first-order chi connectivity index (χ1) is 30.7. The Morgan fingerprint density at radius 2 is 1.75 bits per heavy atom. The zero-order valence-corrected chi connectivity index (χ0v) is 38.3. The quantitative estimate of drug-likeness (QED) is 0.111. The predicted molar refractivity (Wildman–Crippen MR) is 238 cm³/mol. The number of amidine groups is 1. The van der Waals surface area contributed by atoms with Crippen LogP contribution >= 0.6 is 0 Å². The molecule has 8 N–H and O–H groups in total. The molecule has 5 aliphatic heterocycles. The minimum atomic E-state index is -1.79. The standard InChI is InChI=1S/C49H62N4O12/c1-23(2)10-9-15-47(8)16-14-27-39(63-47)26(12-11-24(3)4)41-33(40(27)62-45-38(58)37(57)36(56)30(22-55)61-45)35-34-32(29(21-50)43(51)53-35)28-20-31-46(6,7)65-48(42(28)59,49(31,34)64-41)17-13-25(5)44(60)52-18-19-54/h10-11,13-14,16,28-32,36-38,45,54-58H,9,12,15,17-20,22H2,1-8H3,(H2,51,53)(H,52,60)/t28?,29?,30-,31?,32?,36-,37+,38-,45+,47?,48?,49?/m0/s1. The third-order valence-electron chi connectivity index (χ3n) is 14.4. The van der Waals surface area contributed by atoms with Crippen LogP contribution in [0.2, 0.25) is 0 Å². The summed E-state index contributed by atoms with van der Waals surface area (Å²) >= 11 is 0. The zero-order chi connectivity index (χ0) is 47.1. The molecule has 4 bridgehead atoms. The Hall–Kier alpha value is -4.86. The van der Waals surface area contributed by atoms with E-state index < -0.39 is 89.3 Å². The number of aliphatic hydroxyl groups is 5. The highest BCUT2D eigenvalue weighted by molar-refractivity contribution is 6.05. The summed E-state index contributed by atoms with van der Waals surface area (Å²) < 4.78 is 34.7. The Morgan fingerprint density at radius 1 is 1.03 bits per heavy atom. The lowest BCUT2D eigenvalue weighted by molar-refractivity contribution is -0.277. The van der Waals surface area contributed by atoms with E-state index >= 15 is 4.79 Å². The zero-order valence-electron chi connectivity index (χ0n) is 38.3. The smallest absolute Gasteiger partial charge is 0.246 e. The molecule has 0 aromatic heterocycles. The van der Waals surface area contributed by atoms with Gasteiger partial charge < -0.3 is 60.3 Å². The normalized spacial score (nSPS) is 35.7. The van der Waals surface area contributed by atoms with Gasteiger partial charge in [-0.25, -0.2) is 4.99 Å². The lowest BCUT2D eigenvalue weighted by Gasteiger charge is -2.62. The van der Waals surface area contributed by atoms with Gasteiger partial charge in [-0.15, -0.1) is 0 Å². The van der Waals surface area contributed by atoms with Crippen molar-refractivity contribution in [3.05, 3.63) is 63.3 Å². The molecule has 2 saturated heterocycles. The molecule has 3 aliphatic carbocycles. The van der Waals surface area contributed by atoms with Gasteiger partial charge in [0.15, 0.2) is 17.0 Å². The number of carbonyl (C=O) groups excluding carboxylic acids is 2. The Morgan fingerprint density at radius 3 is 2.42 bits per heavy atom. The molecule has 9 rings (SSSR count). The maximum atomic E-state index is 15.5. The highest BCUT2D eigenvalue weighted by atomic mass is 16.7. The molecule has 0 radical (unpaired) electrons. The minimum Gasteiger partial charge on any atom is -0.482 e. The molecule has 12 atom stereocenters. The molecule has 350 valence electrons. The van der Waals surface area contributed by atoms with Gasteiger partial charge in [0.05, 0.1) is 41.7 Å². The summed E-state index contributed by atoms with van der Waals surface area (Å²) in [5.41, 5.74) is 6.20. The summed E-state index contributed by atoms with van der Waals surface area (Å²) in [6, 6.07) is 2.34. The summed E-state index contributed by atoms with van der Waals surface area (Å²) in [6.45, 7) is 14.5. The van der Waals surface area contributed by atoms with Crippen molar-refractivity contribution in [3.8, 4) is 23.3 Å². The highest BCUT2D eigenvalue weighted by Crippen LogP contribution is 2.74. The van der Waals surface area contributed by atoms with Gasteiger partial charge >= 0.3 is 0 Å². The first kappa shape index (κ1) is 46.7. The van der Waals surface area contributed by atoms with Gasteiger partial charge in [0.25, 0.3) is 0 Å². The average molecular weight is 899 g/mol. The van der Waals surface area contributed by atoms with Gasteiger partial charge in [-0.2, -0.15) is 5.26 Å². The van der Waals surface area contributed by atoms with Gasteiger partial charge in [-0.05, 0) is 93.2 Å². The molecule has 1 aromatic rings. The topological polar surface area (TPSA) is 256 Å². The number of nitrogens with zero attached hydrogens (tertiary/aromatic N) is 2. The minimum absolute atomic E-state index is 0.0153. The van der Waals surface area contributed by atoms with E-state index in [4.69, 9.17) is 34.4 Å². The number of ether oxygens (including phenoxy) is 5. The summed E-state index contributed by atoms with van der Waals surface area (Å²) in [5.74, 6) is -3.10. The Balaban J connectivity index is 1.45. The van der Waals surface area contributed by atoms with Crippen LogP contribution < -0.4 is 25.3 Å². The average Bonchev–Trinajstić information content (AvgIpc) is 3.39. The first-order valence-electron chi connectivity index (χ1n) is 22.5. The fourth-order valence-electron chi connectivity index (χ4n) is 11.3. The summed E-state index contributed by atoms with van der Waals surface area (Å²) in [6.07, 6.45) is 3.26. The van der Waals surface area contributed by atoms with E-state index in [0.29, 0.717) is 53.0 Å². The molecule has 5 fully saturated rings. The van der Waals surface area contributed by atoms with Crippen LogP contribution in [-0.4, -0.2) is 116 Å². The third-order valence-corrected chi connectivity index (χ3v) is 14.4. The number of Topliss-reactive ketones (excluding diaryl/α,β-unsaturated/α-hetero) is 1. The molecule has 5 heterocycles. The Kier molecular flexibility index (Phi) is 12.0. The van der Waals surface area contributed by atoms with E-state index in [1.165, 1.54) is 0 Å². The maximum Gasteiger partial charge on any atom is 0.246 e. The van der Waals surface area contributed by atoms with E-state index in [2.05, 4.69) is 17.5 Å². The van der Waals surface area contributed by atoms with Crippen LogP contribution in [-0.2, 0) is 25.5 Å². The van der Waals surface area contributed by atoms with E-state index in [-0.39, 0.29) is 54.7 Å². The number of rotatable bonds is 13. The molecule has 3 saturated carbocycles. The lowest BCUT2D eigenvalue weighted by atomic mass is 9.44. The van der Waals surface area contributed by atoms with Crippen molar-refractivity contribution in [3.63, 3.8) is 0 Å². The van der Waals surface area contributed by atoms with Gasteiger partial charge in [0.2, 0.25) is 12.2 Å². The fourth-order valence-corrected chi connectivity index (χ4v) is 11.3. The number of nitrogens with one attached hydrogen (secondary N) is 1. The molecule has 1 amide bonds. The van der Waals surface area contributed by atoms with Crippen LogP contribution in [0.25, 0.3) is 11.8 Å². The van der Waals surface area contributed by atoms with Crippen LogP contribution in [0.15, 0.2) is 51.6 Å². The van der Waals surface area contributed by atoms with Crippen LogP contribution in [0.3, 0.4) is 0 Å². The molecule has 16 heteroatoms. The van der Waals surface area contributed by atoms with Crippen molar-refractivity contribution in [2.75, 3.05) is 19.8 Å². The summed E-state index contributed by atoms with van der Waals surface area (Å²) in [4.78, 5) is 33.8. The maximum absolute atomic E-state index is 15.5. The fraction of sp³-hybridized carbons (Fsp3) is 0.592. The third kappa shape index (κ3) is 7.17.